The Morgan fingerprint density at radius 2 is 2.19 bits per heavy atom. The molecule has 86 valence electrons. The first-order chi connectivity index (χ1) is 7.60. The molecule has 1 aromatic rings. The first-order valence-corrected chi connectivity index (χ1v) is 5.43. The third-order valence-electron chi connectivity index (χ3n) is 2.68. The highest BCUT2D eigenvalue weighted by molar-refractivity contribution is 5.26. The van der Waals surface area contributed by atoms with Crippen molar-refractivity contribution < 1.29 is 9.50 Å². The molecule has 0 amide bonds. The van der Waals surface area contributed by atoms with E-state index in [0.29, 0.717) is 17.5 Å². The van der Waals surface area contributed by atoms with Gasteiger partial charge < -0.3 is 5.11 Å². The van der Waals surface area contributed by atoms with E-state index >= 15 is 0 Å². The van der Waals surface area contributed by atoms with E-state index in [4.69, 9.17) is 5.26 Å². The summed E-state index contributed by atoms with van der Waals surface area (Å²) in [5, 5.41) is 18.8. The van der Waals surface area contributed by atoms with Crippen LogP contribution in [0, 0.1) is 30.0 Å². The van der Waals surface area contributed by atoms with E-state index in [1.165, 1.54) is 6.07 Å². The molecule has 2 unspecified atom stereocenters. The van der Waals surface area contributed by atoms with Crippen molar-refractivity contribution in [3.8, 4) is 6.07 Å². The summed E-state index contributed by atoms with van der Waals surface area (Å²) < 4.78 is 13.3. The van der Waals surface area contributed by atoms with Gasteiger partial charge in [-0.25, -0.2) is 4.39 Å². The van der Waals surface area contributed by atoms with Gasteiger partial charge in [0.05, 0.1) is 18.1 Å². The van der Waals surface area contributed by atoms with Gasteiger partial charge in [0, 0.05) is 0 Å². The van der Waals surface area contributed by atoms with Gasteiger partial charge in [0.15, 0.2) is 0 Å². The number of nitriles is 1. The highest BCUT2D eigenvalue weighted by Gasteiger charge is 2.20. The van der Waals surface area contributed by atoms with Crippen molar-refractivity contribution in [3.63, 3.8) is 0 Å². The smallest absolute Gasteiger partial charge is 0.126 e. The summed E-state index contributed by atoms with van der Waals surface area (Å²) in [5.74, 6) is -0.808. The van der Waals surface area contributed by atoms with E-state index in [2.05, 4.69) is 6.07 Å². The minimum atomic E-state index is -0.903. The van der Waals surface area contributed by atoms with Crippen molar-refractivity contribution in [1.82, 2.24) is 0 Å². The Labute approximate surface area is 95.3 Å². The zero-order chi connectivity index (χ0) is 12.1. The Hall–Kier alpha value is -1.40. The molecule has 0 saturated carbocycles. The van der Waals surface area contributed by atoms with Gasteiger partial charge in [-0.1, -0.05) is 25.5 Å². The highest BCUT2D eigenvalue weighted by atomic mass is 19.1. The van der Waals surface area contributed by atoms with Gasteiger partial charge in [-0.2, -0.15) is 5.26 Å². The third kappa shape index (κ3) is 2.80. The average Bonchev–Trinajstić information content (AvgIpc) is 2.28. The van der Waals surface area contributed by atoms with Gasteiger partial charge in [-0.05, 0) is 30.5 Å². The van der Waals surface area contributed by atoms with E-state index in [9.17, 15) is 9.50 Å². The van der Waals surface area contributed by atoms with Crippen molar-refractivity contribution in [2.45, 2.75) is 32.8 Å². The molecule has 16 heavy (non-hydrogen) atoms. The highest BCUT2D eigenvalue weighted by Crippen LogP contribution is 2.26. The number of hydrogen-bond donors (Lipinski definition) is 1. The normalized spacial score (nSPS) is 14.2. The van der Waals surface area contributed by atoms with Crippen LogP contribution < -0.4 is 0 Å². The van der Waals surface area contributed by atoms with E-state index in [0.717, 1.165) is 6.42 Å². The van der Waals surface area contributed by atoms with Crippen LogP contribution in [0.15, 0.2) is 18.2 Å². The lowest BCUT2D eigenvalue weighted by Crippen LogP contribution is -2.11. The molecule has 0 spiro atoms. The standard InChI is InChI=1S/C13H16FNO/c1-3-4-11(8-15)13(16)10-6-5-9(2)12(14)7-10/h5-7,11,13,16H,3-4H2,1-2H3. The van der Waals surface area contributed by atoms with Gasteiger partial charge in [0.1, 0.15) is 5.82 Å². The number of hydrogen-bond acceptors (Lipinski definition) is 2. The molecule has 0 aromatic heterocycles. The minimum Gasteiger partial charge on any atom is -0.387 e. The number of aryl methyl sites for hydroxylation is 1. The van der Waals surface area contributed by atoms with E-state index in [1.807, 2.05) is 6.92 Å². The molecule has 0 aliphatic rings. The monoisotopic (exact) mass is 221 g/mol. The van der Waals surface area contributed by atoms with Crippen LogP contribution in [0.3, 0.4) is 0 Å². The predicted molar refractivity (Wildman–Crippen MR) is 60.1 cm³/mol. The predicted octanol–water partition coefficient (Wildman–Crippen LogP) is 3.11. The molecule has 1 rings (SSSR count). The SMILES string of the molecule is CCCC(C#N)C(O)c1ccc(C)c(F)c1. The van der Waals surface area contributed by atoms with E-state index < -0.39 is 12.0 Å². The zero-order valence-corrected chi connectivity index (χ0v) is 9.57. The number of aliphatic hydroxyl groups excluding tert-OH is 1. The van der Waals surface area contributed by atoms with Crippen LogP contribution in [-0.4, -0.2) is 5.11 Å². The molecule has 1 aromatic carbocycles. The molecule has 0 aliphatic heterocycles. The zero-order valence-electron chi connectivity index (χ0n) is 9.57. The molecule has 3 heteroatoms. The molecule has 0 fully saturated rings. The van der Waals surface area contributed by atoms with Crippen LogP contribution in [0.25, 0.3) is 0 Å². The molecule has 0 saturated heterocycles. The van der Waals surface area contributed by atoms with Crippen molar-refractivity contribution in [2.24, 2.45) is 5.92 Å². The number of nitrogens with zero attached hydrogens (tertiary/aromatic N) is 1. The van der Waals surface area contributed by atoms with Crippen molar-refractivity contribution >= 4 is 0 Å². The van der Waals surface area contributed by atoms with Gasteiger partial charge in [-0.15, -0.1) is 0 Å². The molecule has 0 radical (unpaired) electrons. The maximum atomic E-state index is 13.3. The summed E-state index contributed by atoms with van der Waals surface area (Å²) in [5.41, 5.74) is 1.02. The fourth-order valence-corrected chi connectivity index (χ4v) is 1.63. The Morgan fingerprint density at radius 3 is 2.69 bits per heavy atom. The molecule has 0 bridgehead atoms. The van der Waals surface area contributed by atoms with Crippen LogP contribution in [0.2, 0.25) is 0 Å². The second kappa shape index (κ2) is 5.62. The largest absolute Gasteiger partial charge is 0.387 e. The Kier molecular flexibility index (Phi) is 4.45. The molecule has 0 heterocycles. The van der Waals surface area contributed by atoms with Crippen LogP contribution in [0.4, 0.5) is 4.39 Å². The number of benzene rings is 1. The fraction of sp³-hybridized carbons (Fsp3) is 0.462. The Balaban J connectivity index is 2.91. The molecule has 2 atom stereocenters. The lowest BCUT2D eigenvalue weighted by molar-refractivity contribution is 0.129. The second-order valence-electron chi connectivity index (χ2n) is 3.98. The first kappa shape index (κ1) is 12.7. The molecular weight excluding hydrogens is 205 g/mol. The molecule has 2 nitrogen and oxygen atoms in total. The number of rotatable bonds is 4. The van der Waals surface area contributed by atoms with E-state index in [-0.39, 0.29) is 5.82 Å². The van der Waals surface area contributed by atoms with Crippen LogP contribution in [-0.2, 0) is 0 Å². The van der Waals surface area contributed by atoms with Crippen molar-refractivity contribution in [3.05, 3.63) is 35.1 Å². The summed E-state index contributed by atoms with van der Waals surface area (Å²) in [6.45, 7) is 3.62. The topological polar surface area (TPSA) is 44.0 Å². The summed E-state index contributed by atoms with van der Waals surface area (Å²) in [6.07, 6.45) is 0.539. The van der Waals surface area contributed by atoms with Crippen LogP contribution in [0.1, 0.15) is 37.0 Å². The number of halogens is 1. The summed E-state index contributed by atoms with van der Waals surface area (Å²) >= 11 is 0. The molecule has 1 N–H and O–H groups in total. The Morgan fingerprint density at radius 1 is 1.50 bits per heavy atom. The lowest BCUT2D eigenvalue weighted by Gasteiger charge is -2.16. The summed E-state index contributed by atoms with van der Waals surface area (Å²) in [6, 6.07) is 6.66. The minimum absolute atomic E-state index is 0.343. The van der Waals surface area contributed by atoms with Crippen LogP contribution >= 0.6 is 0 Å². The molecule has 0 aliphatic carbocycles. The first-order valence-electron chi connectivity index (χ1n) is 5.43. The van der Waals surface area contributed by atoms with Gasteiger partial charge in [-0.3, -0.25) is 0 Å². The van der Waals surface area contributed by atoms with Crippen LogP contribution in [0.5, 0.6) is 0 Å². The van der Waals surface area contributed by atoms with Gasteiger partial charge >= 0.3 is 0 Å². The third-order valence-corrected chi connectivity index (χ3v) is 2.68. The summed E-state index contributed by atoms with van der Waals surface area (Å²) in [7, 11) is 0. The maximum Gasteiger partial charge on any atom is 0.126 e. The van der Waals surface area contributed by atoms with Crippen molar-refractivity contribution in [2.75, 3.05) is 0 Å². The van der Waals surface area contributed by atoms with Crippen molar-refractivity contribution in [1.29, 1.82) is 5.26 Å². The molecular formula is C13H16FNO. The Bertz CT molecular complexity index is 397. The van der Waals surface area contributed by atoms with E-state index in [1.54, 1.807) is 19.1 Å². The number of aliphatic hydroxyl groups is 1. The lowest BCUT2D eigenvalue weighted by atomic mass is 9.92. The maximum absolute atomic E-state index is 13.3. The summed E-state index contributed by atoms with van der Waals surface area (Å²) in [4.78, 5) is 0. The second-order valence-corrected chi connectivity index (χ2v) is 3.98. The quantitative estimate of drug-likeness (QED) is 0.849. The fourth-order valence-electron chi connectivity index (χ4n) is 1.63. The van der Waals surface area contributed by atoms with Gasteiger partial charge in [0.25, 0.3) is 0 Å². The average molecular weight is 221 g/mol. The van der Waals surface area contributed by atoms with Gasteiger partial charge in [0.2, 0.25) is 0 Å².